The Kier molecular flexibility index (Phi) is 5.48. The number of aromatic carboxylic acids is 1. The fourth-order valence-corrected chi connectivity index (χ4v) is 2.35. The number of anilines is 1. The zero-order chi connectivity index (χ0) is 13.7. The van der Waals surface area contributed by atoms with E-state index >= 15 is 0 Å². The minimum Gasteiger partial charge on any atom is -0.478 e. The molecule has 18 heavy (non-hydrogen) atoms. The van der Waals surface area contributed by atoms with Crippen molar-refractivity contribution < 1.29 is 9.90 Å². The van der Waals surface area contributed by atoms with Crippen LogP contribution in [0.2, 0.25) is 5.02 Å². The van der Waals surface area contributed by atoms with Crippen molar-refractivity contribution in [1.82, 2.24) is 0 Å². The van der Waals surface area contributed by atoms with Gasteiger partial charge in [0.15, 0.2) is 0 Å². The summed E-state index contributed by atoms with van der Waals surface area (Å²) in [4.78, 5) is 11.1. The van der Waals surface area contributed by atoms with Crippen LogP contribution in [-0.4, -0.2) is 17.1 Å². The Morgan fingerprint density at radius 2 is 2.00 bits per heavy atom. The average molecular weight is 270 g/mol. The van der Waals surface area contributed by atoms with Gasteiger partial charge in [-0.25, -0.2) is 4.79 Å². The van der Waals surface area contributed by atoms with Crippen molar-refractivity contribution in [3.63, 3.8) is 0 Å². The van der Waals surface area contributed by atoms with Crippen LogP contribution in [0.5, 0.6) is 0 Å². The largest absolute Gasteiger partial charge is 0.478 e. The van der Waals surface area contributed by atoms with Crippen LogP contribution in [0.15, 0.2) is 18.2 Å². The summed E-state index contributed by atoms with van der Waals surface area (Å²) < 4.78 is 0. The van der Waals surface area contributed by atoms with Crippen molar-refractivity contribution >= 4 is 23.3 Å². The molecule has 100 valence electrons. The van der Waals surface area contributed by atoms with Crippen LogP contribution in [0, 0.1) is 5.92 Å². The molecule has 1 atom stereocenters. The van der Waals surface area contributed by atoms with E-state index in [0.29, 0.717) is 16.6 Å². The first-order valence-corrected chi connectivity index (χ1v) is 6.66. The molecule has 0 amide bonds. The van der Waals surface area contributed by atoms with Crippen molar-refractivity contribution in [2.24, 2.45) is 5.92 Å². The Labute approximate surface area is 113 Å². The van der Waals surface area contributed by atoms with Gasteiger partial charge in [-0.05, 0) is 31.0 Å². The standard InChI is InChI=1S/C14H20ClNO2/c1-4-10(5-2)9(3)16-13-8-11(15)6-7-12(13)14(17)18/h6-10,16H,4-5H2,1-3H3,(H,17,18). The zero-order valence-electron chi connectivity index (χ0n) is 11.0. The molecule has 1 aromatic rings. The summed E-state index contributed by atoms with van der Waals surface area (Å²) >= 11 is 5.92. The van der Waals surface area contributed by atoms with Crippen LogP contribution in [-0.2, 0) is 0 Å². The van der Waals surface area contributed by atoms with Gasteiger partial charge in [0.25, 0.3) is 0 Å². The maximum Gasteiger partial charge on any atom is 0.337 e. The number of carboxylic acids is 1. The summed E-state index contributed by atoms with van der Waals surface area (Å²) in [6, 6.07) is 5.02. The first-order chi connectivity index (χ1) is 8.49. The van der Waals surface area contributed by atoms with Gasteiger partial charge in [-0.2, -0.15) is 0 Å². The van der Waals surface area contributed by atoms with Gasteiger partial charge in [0.1, 0.15) is 0 Å². The molecule has 0 aliphatic heterocycles. The van der Waals surface area contributed by atoms with Gasteiger partial charge in [-0.1, -0.05) is 38.3 Å². The van der Waals surface area contributed by atoms with Crippen molar-refractivity contribution in [1.29, 1.82) is 0 Å². The molecule has 2 N–H and O–H groups in total. The number of rotatable bonds is 6. The molecule has 1 rings (SSSR count). The maximum absolute atomic E-state index is 11.1. The third-order valence-electron chi connectivity index (χ3n) is 3.35. The summed E-state index contributed by atoms with van der Waals surface area (Å²) in [5.41, 5.74) is 0.853. The van der Waals surface area contributed by atoms with Crippen LogP contribution in [0.1, 0.15) is 44.0 Å². The monoisotopic (exact) mass is 269 g/mol. The molecule has 1 aromatic carbocycles. The van der Waals surface area contributed by atoms with Crippen LogP contribution >= 0.6 is 11.6 Å². The van der Waals surface area contributed by atoms with E-state index in [-0.39, 0.29) is 11.6 Å². The van der Waals surface area contributed by atoms with Gasteiger partial charge >= 0.3 is 5.97 Å². The molecule has 0 saturated heterocycles. The molecular weight excluding hydrogens is 250 g/mol. The highest BCUT2D eigenvalue weighted by Gasteiger charge is 2.17. The van der Waals surface area contributed by atoms with Crippen molar-refractivity contribution in [2.45, 2.75) is 39.7 Å². The van der Waals surface area contributed by atoms with E-state index in [4.69, 9.17) is 16.7 Å². The quantitative estimate of drug-likeness (QED) is 0.811. The lowest BCUT2D eigenvalue weighted by atomic mass is 9.95. The van der Waals surface area contributed by atoms with E-state index in [1.165, 1.54) is 6.07 Å². The first kappa shape index (κ1) is 14.8. The van der Waals surface area contributed by atoms with Gasteiger partial charge in [-0.3, -0.25) is 0 Å². The number of halogens is 1. The number of carbonyl (C=O) groups is 1. The summed E-state index contributed by atoms with van der Waals surface area (Å²) in [7, 11) is 0. The summed E-state index contributed by atoms with van der Waals surface area (Å²) in [5.74, 6) is -0.420. The summed E-state index contributed by atoms with van der Waals surface area (Å²) in [6.07, 6.45) is 2.13. The number of carboxylic acid groups (broad SMARTS) is 1. The number of nitrogens with one attached hydrogen (secondary N) is 1. The predicted molar refractivity (Wildman–Crippen MR) is 75.6 cm³/mol. The van der Waals surface area contributed by atoms with Gasteiger partial charge < -0.3 is 10.4 Å². The van der Waals surface area contributed by atoms with Crippen molar-refractivity contribution in [3.05, 3.63) is 28.8 Å². The van der Waals surface area contributed by atoms with Crippen molar-refractivity contribution in [3.8, 4) is 0 Å². The third kappa shape index (κ3) is 3.64. The lowest BCUT2D eigenvalue weighted by Gasteiger charge is -2.24. The van der Waals surface area contributed by atoms with Gasteiger partial charge in [0.05, 0.1) is 11.3 Å². The SMILES string of the molecule is CCC(CC)C(C)Nc1cc(Cl)ccc1C(=O)O. The molecule has 3 nitrogen and oxygen atoms in total. The normalized spacial score (nSPS) is 12.5. The Balaban J connectivity index is 2.95. The molecular formula is C14H20ClNO2. The third-order valence-corrected chi connectivity index (χ3v) is 3.59. The molecule has 1 unspecified atom stereocenters. The van der Waals surface area contributed by atoms with Crippen LogP contribution in [0.3, 0.4) is 0 Å². The summed E-state index contributed by atoms with van der Waals surface area (Å²) in [5, 5.41) is 12.9. The average Bonchev–Trinajstić information content (AvgIpc) is 2.30. The Hall–Kier alpha value is -1.22. The van der Waals surface area contributed by atoms with Crippen molar-refractivity contribution in [2.75, 3.05) is 5.32 Å². The first-order valence-electron chi connectivity index (χ1n) is 6.28. The fourth-order valence-electron chi connectivity index (χ4n) is 2.18. The van der Waals surface area contributed by atoms with E-state index in [2.05, 4.69) is 26.1 Å². The lowest BCUT2D eigenvalue weighted by Crippen LogP contribution is -2.26. The van der Waals surface area contributed by atoms with E-state index in [9.17, 15) is 4.79 Å². The fraction of sp³-hybridized carbons (Fsp3) is 0.500. The molecule has 0 spiro atoms. The minimum atomic E-state index is -0.939. The Morgan fingerprint density at radius 3 is 2.50 bits per heavy atom. The molecule has 0 aliphatic rings. The maximum atomic E-state index is 11.1. The second-order valence-electron chi connectivity index (χ2n) is 4.50. The molecule has 0 aliphatic carbocycles. The summed E-state index contributed by atoms with van der Waals surface area (Å²) in [6.45, 7) is 6.36. The molecule has 0 radical (unpaired) electrons. The van der Waals surface area contributed by atoms with E-state index < -0.39 is 5.97 Å². The second kappa shape index (κ2) is 6.64. The minimum absolute atomic E-state index is 0.219. The highest BCUT2D eigenvalue weighted by atomic mass is 35.5. The Morgan fingerprint density at radius 1 is 1.39 bits per heavy atom. The van der Waals surface area contributed by atoms with E-state index in [1.54, 1.807) is 12.1 Å². The highest BCUT2D eigenvalue weighted by Crippen LogP contribution is 2.24. The zero-order valence-corrected chi connectivity index (χ0v) is 11.8. The molecule has 0 saturated carbocycles. The number of benzene rings is 1. The smallest absolute Gasteiger partial charge is 0.337 e. The molecule has 0 bridgehead atoms. The van der Waals surface area contributed by atoms with Crippen LogP contribution in [0.4, 0.5) is 5.69 Å². The topological polar surface area (TPSA) is 49.3 Å². The van der Waals surface area contributed by atoms with Gasteiger partial charge in [0.2, 0.25) is 0 Å². The van der Waals surface area contributed by atoms with Crippen LogP contribution < -0.4 is 5.32 Å². The van der Waals surface area contributed by atoms with E-state index in [1.807, 2.05) is 0 Å². The molecule has 0 aromatic heterocycles. The predicted octanol–water partition coefficient (Wildman–Crippen LogP) is 4.27. The van der Waals surface area contributed by atoms with Gasteiger partial charge in [-0.15, -0.1) is 0 Å². The molecule has 0 fully saturated rings. The van der Waals surface area contributed by atoms with E-state index in [0.717, 1.165) is 12.8 Å². The second-order valence-corrected chi connectivity index (χ2v) is 4.94. The highest BCUT2D eigenvalue weighted by molar-refractivity contribution is 6.31. The number of hydrogen-bond donors (Lipinski definition) is 2. The number of hydrogen-bond acceptors (Lipinski definition) is 2. The Bertz CT molecular complexity index is 416. The molecule has 0 heterocycles. The molecule has 4 heteroatoms. The van der Waals surface area contributed by atoms with Gasteiger partial charge in [0, 0.05) is 11.1 Å². The lowest BCUT2D eigenvalue weighted by molar-refractivity contribution is 0.0698. The van der Waals surface area contributed by atoms with Crippen LogP contribution in [0.25, 0.3) is 0 Å².